The van der Waals surface area contributed by atoms with Crippen molar-refractivity contribution in [2.75, 3.05) is 0 Å². The Hall–Kier alpha value is -3.00. The van der Waals surface area contributed by atoms with Gasteiger partial charge in [-0.15, -0.1) is 0 Å². The third kappa shape index (κ3) is 2.72. The van der Waals surface area contributed by atoms with E-state index in [0.29, 0.717) is 5.56 Å². The first-order valence-corrected chi connectivity index (χ1v) is 6.11. The van der Waals surface area contributed by atoms with E-state index in [2.05, 4.69) is 10.1 Å². The first kappa shape index (κ1) is 15.4. The maximum absolute atomic E-state index is 13.0. The lowest BCUT2D eigenvalue weighted by atomic mass is 9.99. The molecule has 0 saturated heterocycles. The van der Waals surface area contributed by atoms with Gasteiger partial charge in [0.15, 0.2) is 11.4 Å². The van der Waals surface area contributed by atoms with Gasteiger partial charge in [-0.3, -0.25) is 10.0 Å². The van der Waals surface area contributed by atoms with Crippen LogP contribution in [0.15, 0.2) is 35.6 Å². The van der Waals surface area contributed by atoms with Gasteiger partial charge in [0.25, 0.3) is 5.91 Å². The number of carbonyl (C=O) groups is 1. The lowest BCUT2D eigenvalue weighted by Gasteiger charge is -2.11. The molecule has 2 aromatic rings. The highest BCUT2D eigenvalue weighted by Gasteiger charge is 2.20. The highest BCUT2D eigenvalue weighted by atomic mass is 19.1. The van der Waals surface area contributed by atoms with Crippen molar-refractivity contribution in [1.29, 1.82) is 0 Å². The average molecular weight is 305 g/mol. The Bertz CT molecular complexity index is 744. The molecule has 0 atom stereocenters. The fourth-order valence-electron chi connectivity index (χ4n) is 1.92. The molecule has 0 bridgehead atoms. The number of carbonyl (C=O) groups excluding carboxylic acids is 1. The summed E-state index contributed by atoms with van der Waals surface area (Å²) in [7, 11) is 0. The predicted molar refractivity (Wildman–Crippen MR) is 73.7 cm³/mol. The summed E-state index contributed by atoms with van der Waals surface area (Å²) in [4.78, 5) is 15.1. The van der Waals surface area contributed by atoms with Crippen LogP contribution in [0.1, 0.15) is 27.2 Å². The van der Waals surface area contributed by atoms with Gasteiger partial charge in [0.2, 0.25) is 0 Å². The van der Waals surface area contributed by atoms with E-state index in [9.17, 15) is 19.5 Å². The van der Waals surface area contributed by atoms with Crippen LogP contribution in [0.25, 0.3) is 0 Å². The monoisotopic (exact) mass is 305 g/mol. The number of pyridine rings is 1. The van der Waals surface area contributed by atoms with E-state index in [1.807, 2.05) is 0 Å². The van der Waals surface area contributed by atoms with Crippen molar-refractivity contribution in [1.82, 2.24) is 10.5 Å². The van der Waals surface area contributed by atoms with Crippen molar-refractivity contribution in [3.05, 3.63) is 58.7 Å². The van der Waals surface area contributed by atoms with E-state index in [0.717, 1.165) is 0 Å². The Morgan fingerprint density at radius 2 is 1.95 bits per heavy atom. The second-order valence-electron chi connectivity index (χ2n) is 4.39. The van der Waals surface area contributed by atoms with Crippen molar-refractivity contribution < 1.29 is 24.7 Å². The minimum Gasteiger partial charge on any atom is -0.505 e. The van der Waals surface area contributed by atoms with Crippen molar-refractivity contribution >= 4 is 11.6 Å². The standard InChI is InChI=1S/C14H12FN3O4/c1-7-10(6-16-12(13(7)19)14(20)18-22)11(17-21)8-2-4-9(15)5-3-8/h2-6,19,21-22H,1H3,(H,18,20)/b17-11-. The Morgan fingerprint density at radius 3 is 2.50 bits per heavy atom. The predicted octanol–water partition coefficient (Wildman–Crippen LogP) is 1.58. The van der Waals surface area contributed by atoms with E-state index in [4.69, 9.17) is 5.21 Å². The summed E-state index contributed by atoms with van der Waals surface area (Å²) < 4.78 is 13.0. The van der Waals surface area contributed by atoms with Crippen molar-refractivity contribution in [3.63, 3.8) is 0 Å². The van der Waals surface area contributed by atoms with E-state index in [1.54, 1.807) is 0 Å². The van der Waals surface area contributed by atoms with E-state index in [1.165, 1.54) is 42.9 Å². The second kappa shape index (κ2) is 6.19. The maximum Gasteiger partial charge on any atom is 0.297 e. The fourth-order valence-corrected chi connectivity index (χ4v) is 1.92. The summed E-state index contributed by atoms with van der Waals surface area (Å²) in [6.07, 6.45) is 1.21. The molecule has 0 aliphatic heterocycles. The number of benzene rings is 1. The van der Waals surface area contributed by atoms with Crippen LogP contribution in [0.3, 0.4) is 0 Å². The molecule has 8 heteroatoms. The summed E-state index contributed by atoms with van der Waals surface area (Å²) in [6.45, 7) is 1.48. The Kier molecular flexibility index (Phi) is 4.33. The number of nitrogens with one attached hydrogen (secondary N) is 1. The number of hydroxylamine groups is 1. The molecule has 114 valence electrons. The fraction of sp³-hybridized carbons (Fsp3) is 0.0714. The van der Waals surface area contributed by atoms with Gasteiger partial charge in [0, 0.05) is 22.9 Å². The number of aromatic nitrogens is 1. The van der Waals surface area contributed by atoms with Gasteiger partial charge in [-0.25, -0.2) is 14.9 Å². The molecule has 2 rings (SSSR count). The summed E-state index contributed by atoms with van der Waals surface area (Å²) >= 11 is 0. The third-order valence-electron chi connectivity index (χ3n) is 3.10. The van der Waals surface area contributed by atoms with Crippen LogP contribution in [0.4, 0.5) is 4.39 Å². The molecule has 0 radical (unpaired) electrons. The summed E-state index contributed by atoms with van der Waals surface area (Å²) in [5.74, 6) is -1.89. The first-order valence-electron chi connectivity index (χ1n) is 6.11. The third-order valence-corrected chi connectivity index (χ3v) is 3.10. The Balaban J connectivity index is 2.54. The van der Waals surface area contributed by atoms with Crippen LogP contribution in [0.2, 0.25) is 0 Å². The quantitative estimate of drug-likeness (QED) is 0.297. The molecule has 0 saturated carbocycles. The summed E-state index contributed by atoms with van der Waals surface area (Å²) in [5, 5.41) is 30.9. The van der Waals surface area contributed by atoms with Gasteiger partial charge in [0.05, 0.1) is 0 Å². The number of aromatic hydroxyl groups is 1. The molecule has 1 aromatic carbocycles. The number of halogens is 1. The van der Waals surface area contributed by atoms with Crippen molar-refractivity contribution in [3.8, 4) is 5.75 Å². The van der Waals surface area contributed by atoms with E-state index in [-0.39, 0.29) is 22.5 Å². The van der Waals surface area contributed by atoms with Gasteiger partial charge >= 0.3 is 0 Å². The topological polar surface area (TPSA) is 115 Å². The highest BCUT2D eigenvalue weighted by molar-refractivity contribution is 6.14. The van der Waals surface area contributed by atoms with Crippen molar-refractivity contribution in [2.24, 2.45) is 5.16 Å². The normalized spacial score (nSPS) is 11.3. The van der Waals surface area contributed by atoms with Gasteiger partial charge in [-0.05, 0) is 31.2 Å². The number of nitrogens with zero attached hydrogens (tertiary/aromatic N) is 2. The van der Waals surface area contributed by atoms with Gasteiger partial charge < -0.3 is 10.3 Å². The number of amides is 1. The molecule has 1 aromatic heterocycles. The van der Waals surface area contributed by atoms with Gasteiger partial charge in [-0.2, -0.15) is 0 Å². The average Bonchev–Trinajstić information content (AvgIpc) is 2.53. The number of rotatable bonds is 3. The maximum atomic E-state index is 13.0. The zero-order valence-corrected chi connectivity index (χ0v) is 11.4. The lowest BCUT2D eigenvalue weighted by Crippen LogP contribution is -2.21. The molecule has 0 spiro atoms. The molecular formula is C14H12FN3O4. The second-order valence-corrected chi connectivity index (χ2v) is 4.39. The largest absolute Gasteiger partial charge is 0.505 e. The minimum absolute atomic E-state index is 0.0521. The number of hydrogen-bond donors (Lipinski definition) is 4. The van der Waals surface area contributed by atoms with E-state index >= 15 is 0 Å². The van der Waals surface area contributed by atoms with Gasteiger partial charge in [-0.1, -0.05) is 5.16 Å². The highest BCUT2D eigenvalue weighted by Crippen LogP contribution is 2.25. The molecular weight excluding hydrogens is 293 g/mol. The molecule has 1 heterocycles. The number of oxime groups is 1. The summed E-state index contributed by atoms with van der Waals surface area (Å²) in [6, 6.07) is 5.18. The van der Waals surface area contributed by atoms with Gasteiger partial charge in [0.1, 0.15) is 11.5 Å². The molecule has 22 heavy (non-hydrogen) atoms. The number of hydrogen-bond acceptors (Lipinski definition) is 6. The molecule has 4 N–H and O–H groups in total. The first-order chi connectivity index (χ1) is 10.5. The minimum atomic E-state index is -0.976. The lowest BCUT2D eigenvalue weighted by molar-refractivity contribution is 0.0697. The molecule has 0 fully saturated rings. The Labute approximate surface area is 124 Å². The summed E-state index contributed by atoms with van der Waals surface area (Å²) in [5.41, 5.74) is 1.90. The molecule has 0 aliphatic carbocycles. The van der Waals surface area contributed by atoms with E-state index < -0.39 is 17.5 Å². The van der Waals surface area contributed by atoms with Crippen LogP contribution in [-0.2, 0) is 0 Å². The van der Waals surface area contributed by atoms with Crippen LogP contribution in [0, 0.1) is 12.7 Å². The zero-order valence-electron chi connectivity index (χ0n) is 11.4. The molecule has 7 nitrogen and oxygen atoms in total. The molecule has 1 amide bonds. The van der Waals surface area contributed by atoms with Crippen LogP contribution in [-0.4, -0.2) is 32.1 Å². The smallest absolute Gasteiger partial charge is 0.297 e. The SMILES string of the molecule is Cc1c(/C(=N\O)c2ccc(F)cc2)cnc(C(=O)NO)c1O. The van der Waals surface area contributed by atoms with Crippen LogP contribution in [0.5, 0.6) is 5.75 Å². The zero-order chi connectivity index (χ0) is 16.3. The van der Waals surface area contributed by atoms with Crippen molar-refractivity contribution in [2.45, 2.75) is 6.92 Å². The van der Waals surface area contributed by atoms with Crippen LogP contribution < -0.4 is 5.48 Å². The molecule has 0 aliphatic rings. The Morgan fingerprint density at radius 1 is 1.32 bits per heavy atom. The van der Waals surface area contributed by atoms with Crippen LogP contribution >= 0.6 is 0 Å². The molecule has 0 unspecified atom stereocenters.